The van der Waals surface area contributed by atoms with Gasteiger partial charge in [0.1, 0.15) is 6.04 Å². The van der Waals surface area contributed by atoms with E-state index in [0.29, 0.717) is 32.7 Å². The number of piperazine rings is 1. The van der Waals surface area contributed by atoms with Crippen LogP contribution in [0.5, 0.6) is 0 Å². The number of amides is 2. The largest absolute Gasteiger partial charge is 0.354 e. The highest BCUT2D eigenvalue weighted by molar-refractivity contribution is 7.89. The number of carbonyl (C=O) groups is 2. The Hall–Kier alpha value is -1.97. The molecule has 0 aliphatic carbocycles. The molecule has 1 heterocycles. The SMILES string of the molecule is CCCNC(=O)[C@@H](C)NC(=O)CN1CCN(S(=O)(=O)c2ccc(C)cc2)CC1. The highest BCUT2D eigenvalue weighted by Crippen LogP contribution is 2.18. The van der Waals surface area contributed by atoms with Crippen LogP contribution in [-0.4, -0.2) is 74.7 Å². The van der Waals surface area contributed by atoms with Crippen molar-refractivity contribution < 1.29 is 18.0 Å². The summed E-state index contributed by atoms with van der Waals surface area (Å²) >= 11 is 0. The molecular weight excluding hydrogens is 380 g/mol. The smallest absolute Gasteiger partial charge is 0.243 e. The highest BCUT2D eigenvalue weighted by atomic mass is 32.2. The monoisotopic (exact) mass is 410 g/mol. The predicted molar refractivity (Wildman–Crippen MR) is 107 cm³/mol. The molecule has 9 heteroatoms. The molecule has 2 N–H and O–H groups in total. The van der Waals surface area contributed by atoms with Crippen LogP contribution in [0.25, 0.3) is 0 Å². The summed E-state index contributed by atoms with van der Waals surface area (Å²) in [5, 5.41) is 5.43. The first-order valence-corrected chi connectivity index (χ1v) is 11.0. The molecular formula is C19H30N4O4S. The molecule has 1 aliphatic rings. The molecule has 0 saturated carbocycles. The first-order chi connectivity index (χ1) is 13.2. The second-order valence-corrected chi connectivity index (χ2v) is 9.01. The fraction of sp³-hybridized carbons (Fsp3) is 0.579. The molecule has 28 heavy (non-hydrogen) atoms. The second-order valence-electron chi connectivity index (χ2n) is 7.07. The van der Waals surface area contributed by atoms with E-state index in [9.17, 15) is 18.0 Å². The molecule has 0 aromatic heterocycles. The molecule has 1 atom stereocenters. The lowest BCUT2D eigenvalue weighted by Gasteiger charge is -2.33. The van der Waals surface area contributed by atoms with E-state index in [0.717, 1.165) is 12.0 Å². The van der Waals surface area contributed by atoms with Crippen LogP contribution >= 0.6 is 0 Å². The molecule has 0 radical (unpaired) electrons. The van der Waals surface area contributed by atoms with Gasteiger partial charge in [-0.3, -0.25) is 14.5 Å². The molecule has 1 fully saturated rings. The van der Waals surface area contributed by atoms with Crippen molar-refractivity contribution in [1.82, 2.24) is 19.8 Å². The lowest BCUT2D eigenvalue weighted by atomic mass is 10.2. The molecule has 0 spiro atoms. The van der Waals surface area contributed by atoms with Gasteiger partial charge in [0.15, 0.2) is 0 Å². The molecule has 156 valence electrons. The lowest BCUT2D eigenvalue weighted by molar-refractivity contribution is -0.129. The summed E-state index contributed by atoms with van der Waals surface area (Å²) in [4.78, 5) is 26.2. The van der Waals surface area contributed by atoms with Gasteiger partial charge in [-0.1, -0.05) is 24.6 Å². The van der Waals surface area contributed by atoms with Gasteiger partial charge < -0.3 is 10.6 Å². The number of aryl methyl sites for hydroxylation is 1. The summed E-state index contributed by atoms with van der Waals surface area (Å²) in [6.45, 7) is 7.84. The Balaban J connectivity index is 1.82. The van der Waals surface area contributed by atoms with Crippen molar-refractivity contribution in [2.24, 2.45) is 0 Å². The van der Waals surface area contributed by atoms with Gasteiger partial charge in [-0.2, -0.15) is 4.31 Å². The first-order valence-electron chi connectivity index (χ1n) is 9.60. The third-order valence-electron chi connectivity index (χ3n) is 4.68. The number of rotatable bonds is 8. The zero-order chi connectivity index (χ0) is 20.7. The molecule has 0 bridgehead atoms. The zero-order valence-electron chi connectivity index (χ0n) is 16.8. The number of nitrogens with zero attached hydrogens (tertiary/aromatic N) is 2. The van der Waals surface area contributed by atoms with Gasteiger partial charge in [0.25, 0.3) is 0 Å². The molecule has 1 aliphatic heterocycles. The average Bonchev–Trinajstić information content (AvgIpc) is 2.66. The summed E-state index contributed by atoms with van der Waals surface area (Å²) < 4.78 is 26.9. The fourth-order valence-electron chi connectivity index (χ4n) is 2.94. The van der Waals surface area contributed by atoms with E-state index in [1.165, 1.54) is 4.31 Å². The number of hydrogen-bond donors (Lipinski definition) is 2. The van der Waals surface area contributed by atoms with Gasteiger partial charge in [-0.05, 0) is 32.4 Å². The summed E-state index contributed by atoms with van der Waals surface area (Å²) in [7, 11) is -3.52. The third kappa shape index (κ3) is 6.02. The van der Waals surface area contributed by atoms with E-state index >= 15 is 0 Å². The Kier molecular flexibility index (Phi) is 7.97. The van der Waals surface area contributed by atoms with Crippen molar-refractivity contribution in [1.29, 1.82) is 0 Å². The Bertz CT molecular complexity index is 772. The number of hydrogen-bond acceptors (Lipinski definition) is 5. The van der Waals surface area contributed by atoms with Gasteiger partial charge in [-0.15, -0.1) is 0 Å². The van der Waals surface area contributed by atoms with Crippen molar-refractivity contribution in [2.75, 3.05) is 39.3 Å². The molecule has 1 aromatic rings. The van der Waals surface area contributed by atoms with Crippen molar-refractivity contribution >= 4 is 21.8 Å². The first kappa shape index (κ1) is 22.3. The van der Waals surface area contributed by atoms with Crippen molar-refractivity contribution in [2.45, 2.75) is 38.1 Å². The topological polar surface area (TPSA) is 98.8 Å². The highest BCUT2D eigenvalue weighted by Gasteiger charge is 2.29. The van der Waals surface area contributed by atoms with E-state index in [2.05, 4.69) is 10.6 Å². The van der Waals surface area contributed by atoms with Gasteiger partial charge in [-0.25, -0.2) is 8.42 Å². The summed E-state index contributed by atoms with van der Waals surface area (Å²) in [6, 6.07) is 6.21. The number of carbonyl (C=O) groups excluding carboxylic acids is 2. The minimum absolute atomic E-state index is 0.143. The van der Waals surface area contributed by atoms with E-state index in [1.54, 1.807) is 31.2 Å². The third-order valence-corrected chi connectivity index (χ3v) is 6.59. The Morgan fingerprint density at radius 3 is 2.29 bits per heavy atom. The molecule has 1 aromatic carbocycles. The van der Waals surface area contributed by atoms with Crippen molar-refractivity contribution in [3.63, 3.8) is 0 Å². The van der Waals surface area contributed by atoms with Gasteiger partial charge in [0.2, 0.25) is 21.8 Å². The van der Waals surface area contributed by atoms with E-state index < -0.39 is 16.1 Å². The van der Waals surface area contributed by atoms with Crippen LogP contribution in [-0.2, 0) is 19.6 Å². The molecule has 1 saturated heterocycles. The standard InChI is InChI=1S/C19H30N4O4S/c1-4-9-20-19(25)16(3)21-18(24)14-22-10-12-23(13-11-22)28(26,27)17-7-5-15(2)6-8-17/h5-8,16H,4,9-14H2,1-3H3,(H,20,25)(H,21,24)/t16-/m1/s1. The van der Waals surface area contributed by atoms with Crippen LogP contribution in [0.3, 0.4) is 0 Å². The maximum Gasteiger partial charge on any atom is 0.243 e. The quantitative estimate of drug-likeness (QED) is 0.644. The van der Waals surface area contributed by atoms with Crippen LogP contribution < -0.4 is 10.6 Å². The van der Waals surface area contributed by atoms with Crippen molar-refractivity contribution in [3.05, 3.63) is 29.8 Å². The number of sulfonamides is 1. The summed E-state index contributed by atoms with van der Waals surface area (Å²) in [5.41, 5.74) is 1.01. The minimum atomic E-state index is -3.52. The number of nitrogens with one attached hydrogen (secondary N) is 2. The molecule has 0 unspecified atom stereocenters. The normalized spacial score (nSPS) is 17.1. The van der Waals surface area contributed by atoms with Gasteiger partial charge in [0.05, 0.1) is 11.4 Å². The van der Waals surface area contributed by atoms with E-state index in [-0.39, 0.29) is 23.3 Å². The van der Waals surface area contributed by atoms with Gasteiger partial charge >= 0.3 is 0 Å². The summed E-state index contributed by atoms with van der Waals surface area (Å²) in [6.07, 6.45) is 0.835. The second kappa shape index (κ2) is 9.99. The average molecular weight is 411 g/mol. The molecule has 2 amide bonds. The maximum atomic E-state index is 12.7. The molecule has 8 nitrogen and oxygen atoms in total. The van der Waals surface area contributed by atoms with Crippen molar-refractivity contribution in [3.8, 4) is 0 Å². The van der Waals surface area contributed by atoms with Crippen LogP contribution in [0.4, 0.5) is 0 Å². The van der Waals surface area contributed by atoms with Gasteiger partial charge in [0, 0.05) is 32.7 Å². The lowest BCUT2D eigenvalue weighted by Crippen LogP contribution is -2.53. The molecule has 2 rings (SSSR count). The predicted octanol–water partition coefficient (Wildman–Crippen LogP) is 0.332. The zero-order valence-corrected chi connectivity index (χ0v) is 17.6. The Morgan fingerprint density at radius 2 is 1.71 bits per heavy atom. The maximum absolute atomic E-state index is 12.7. The van der Waals surface area contributed by atoms with E-state index in [4.69, 9.17) is 0 Å². The van der Waals surface area contributed by atoms with E-state index in [1.807, 2.05) is 18.7 Å². The fourth-order valence-corrected chi connectivity index (χ4v) is 4.37. The Labute approximate surface area is 167 Å². The Morgan fingerprint density at radius 1 is 1.11 bits per heavy atom. The van der Waals surface area contributed by atoms with Crippen LogP contribution in [0.2, 0.25) is 0 Å². The van der Waals surface area contributed by atoms with Crippen LogP contribution in [0, 0.1) is 6.92 Å². The van der Waals surface area contributed by atoms with Crippen LogP contribution in [0.1, 0.15) is 25.8 Å². The summed E-state index contributed by atoms with van der Waals surface area (Å²) in [5.74, 6) is -0.446. The number of benzene rings is 1. The minimum Gasteiger partial charge on any atom is -0.354 e. The van der Waals surface area contributed by atoms with Crippen LogP contribution in [0.15, 0.2) is 29.2 Å².